The van der Waals surface area contributed by atoms with Gasteiger partial charge in [0.05, 0.1) is 19.2 Å². The molecule has 2 amide bonds. The van der Waals surface area contributed by atoms with Crippen LogP contribution in [0.2, 0.25) is 10.3 Å². The van der Waals surface area contributed by atoms with E-state index in [9.17, 15) is 9.59 Å². The van der Waals surface area contributed by atoms with E-state index in [-0.39, 0.29) is 28.2 Å². The molecule has 0 aliphatic carbocycles. The van der Waals surface area contributed by atoms with Crippen molar-refractivity contribution in [2.24, 2.45) is 0 Å². The van der Waals surface area contributed by atoms with Gasteiger partial charge < -0.3 is 10.1 Å². The van der Waals surface area contributed by atoms with Crippen molar-refractivity contribution < 1.29 is 14.3 Å². The van der Waals surface area contributed by atoms with Gasteiger partial charge in [-0.3, -0.25) is 14.9 Å². The van der Waals surface area contributed by atoms with Gasteiger partial charge in [-0.15, -0.1) is 11.3 Å². The number of carbonyl (C=O) groups excluding carboxylic acids is 2. The fraction of sp³-hybridized carbons (Fsp3) is 0.200. The van der Waals surface area contributed by atoms with E-state index in [1.807, 2.05) is 24.3 Å². The number of nitrogens with one attached hydrogen (secondary N) is 2. The largest absolute Gasteiger partial charge is 0.497 e. The number of anilines is 1. The van der Waals surface area contributed by atoms with E-state index in [2.05, 4.69) is 20.6 Å². The van der Waals surface area contributed by atoms with E-state index in [0.717, 1.165) is 11.3 Å². The maximum Gasteiger partial charge on any atom is 0.257 e. The molecule has 0 saturated carbocycles. The highest BCUT2D eigenvalue weighted by molar-refractivity contribution is 7.14. The van der Waals surface area contributed by atoms with Gasteiger partial charge in [-0.1, -0.05) is 35.3 Å². The first-order chi connectivity index (χ1) is 14.4. The standard InChI is InChI=1S/C20H18Cl2N4O3S/c1-29-15-4-2-12(3-5-15)6-7-23-18(27)10-14-11-30-20(24-14)26-19(28)13-8-16(21)25-17(22)9-13/h2-5,8-9,11H,6-7,10H2,1H3,(H,23,27)(H,24,26,28). The van der Waals surface area contributed by atoms with Gasteiger partial charge in [-0.25, -0.2) is 9.97 Å². The smallest absolute Gasteiger partial charge is 0.257 e. The Morgan fingerprint density at radius 2 is 1.80 bits per heavy atom. The van der Waals surface area contributed by atoms with Crippen LogP contribution in [0.15, 0.2) is 41.8 Å². The lowest BCUT2D eigenvalue weighted by molar-refractivity contribution is -0.120. The van der Waals surface area contributed by atoms with E-state index < -0.39 is 5.91 Å². The van der Waals surface area contributed by atoms with Crippen molar-refractivity contribution in [3.8, 4) is 5.75 Å². The van der Waals surface area contributed by atoms with Crippen LogP contribution in [0.25, 0.3) is 0 Å². The summed E-state index contributed by atoms with van der Waals surface area (Å²) >= 11 is 12.9. The molecule has 0 spiro atoms. The number of benzene rings is 1. The first kappa shape index (κ1) is 22.0. The summed E-state index contributed by atoms with van der Waals surface area (Å²) in [6, 6.07) is 10.5. The predicted molar refractivity (Wildman–Crippen MR) is 118 cm³/mol. The summed E-state index contributed by atoms with van der Waals surface area (Å²) in [6.45, 7) is 0.516. The molecule has 0 aliphatic heterocycles. The third kappa shape index (κ3) is 6.41. The van der Waals surface area contributed by atoms with E-state index in [0.29, 0.717) is 23.8 Å². The lowest BCUT2D eigenvalue weighted by atomic mass is 10.1. The Bertz CT molecular complexity index is 1020. The molecule has 1 aromatic carbocycles. The van der Waals surface area contributed by atoms with E-state index in [4.69, 9.17) is 27.9 Å². The van der Waals surface area contributed by atoms with Crippen LogP contribution in [0.1, 0.15) is 21.6 Å². The summed E-state index contributed by atoms with van der Waals surface area (Å²) in [6.07, 6.45) is 0.840. The molecule has 2 aromatic heterocycles. The topological polar surface area (TPSA) is 93.2 Å². The minimum absolute atomic E-state index is 0.124. The second-order valence-electron chi connectivity index (χ2n) is 6.22. The molecule has 3 aromatic rings. The summed E-state index contributed by atoms with van der Waals surface area (Å²) in [5.74, 6) is 0.245. The highest BCUT2D eigenvalue weighted by Gasteiger charge is 2.13. The molecule has 156 valence electrons. The van der Waals surface area contributed by atoms with Gasteiger partial charge >= 0.3 is 0 Å². The fourth-order valence-electron chi connectivity index (χ4n) is 2.58. The lowest BCUT2D eigenvalue weighted by Crippen LogP contribution is -2.27. The SMILES string of the molecule is COc1ccc(CCNC(=O)Cc2csc(NC(=O)c3cc(Cl)nc(Cl)c3)n2)cc1. The van der Waals surface area contributed by atoms with Crippen LogP contribution in [0.5, 0.6) is 5.75 Å². The van der Waals surface area contributed by atoms with Crippen LogP contribution < -0.4 is 15.4 Å². The molecule has 0 fully saturated rings. The maximum atomic E-state index is 12.3. The number of hydrogen-bond acceptors (Lipinski definition) is 6. The Kier molecular flexibility index (Phi) is 7.62. The summed E-state index contributed by atoms with van der Waals surface area (Å²) in [5, 5.41) is 7.88. The van der Waals surface area contributed by atoms with Crippen molar-refractivity contribution in [1.29, 1.82) is 0 Å². The molecule has 0 unspecified atom stereocenters. The molecule has 10 heteroatoms. The normalized spacial score (nSPS) is 10.5. The van der Waals surface area contributed by atoms with Crippen LogP contribution in [0.3, 0.4) is 0 Å². The van der Waals surface area contributed by atoms with Gasteiger partial charge in [0.2, 0.25) is 5.91 Å². The Morgan fingerprint density at radius 1 is 1.10 bits per heavy atom. The van der Waals surface area contributed by atoms with Crippen LogP contribution in [-0.2, 0) is 17.6 Å². The number of ether oxygens (including phenoxy) is 1. The van der Waals surface area contributed by atoms with Crippen molar-refractivity contribution in [3.05, 3.63) is 68.9 Å². The zero-order chi connectivity index (χ0) is 21.5. The number of aromatic nitrogens is 2. The van der Waals surface area contributed by atoms with Gasteiger partial charge in [0.15, 0.2) is 5.13 Å². The predicted octanol–water partition coefficient (Wildman–Crippen LogP) is 4.01. The number of thiazole rings is 1. The van der Waals surface area contributed by atoms with Crippen molar-refractivity contribution in [2.45, 2.75) is 12.8 Å². The number of amides is 2. The van der Waals surface area contributed by atoms with Crippen LogP contribution in [-0.4, -0.2) is 35.4 Å². The van der Waals surface area contributed by atoms with Crippen LogP contribution >= 0.6 is 34.5 Å². The third-order valence-corrected chi connectivity index (χ3v) is 5.23. The van der Waals surface area contributed by atoms with E-state index in [1.165, 1.54) is 23.5 Å². The maximum absolute atomic E-state index is 12.3. The van der Waals surface area contributed by atoms with Gasteiger partial charge in [-0.2, -0.15) is 0 Å². The Hall–Kier alpha value is -2.68. The Morgan fingerprint density at radius 3 is 2.47 bits per heavy atom. The number of hydrogen-bond donors (Lipinski definition) is 2. The molecule has 0 radical (unpaired) electrons. The van der Waals surface area contributed by atoms with Crippen molar-refractivity contribution >= 4 is 51.5 Å². The second kappa shape index (κ2) is 10.4. The molecule has 0 atom stereocenters. The van der Waals surface area contributed by atoms with E-state index in [1.54, 1.807) is 12.5 Å². The van der Waals surface area contributed by atoms with E-state index >= 15 is 0 Å². The number of pyridine rings is 1. The number of methoxy groups -OCH3 is 1. The minimum Gasteiger partial charge on any atom is -0.497 e. The average molecular weight is 465 g/mol. The summed E-state index contributed by atoms with van der Waals surface area (Å²) in [5.41, 5.74) is 1.95. The molecule has 7 nitrogen and oxygen atoms in total. The Balaban J connectivity index is 1.47. The quantitative estimate of drug-likeness (QED) is 0.491. The number of carbonyl (C=O) groups is 2. The Labute approximate surface area is 187 Å². The van der Waals surface area contributed by atoms with Gasteiger partial charge in [-0.05, 0) is 36.2 Å². The molecular weight excluding hydrogens is 447 g/mol. The average Bonchev–Trinajstić information content (AvgIpc) is 3.14. The number of nitrogens with zero attached hydrogens (tertiary/aromatic N) is 2. The number of rotatable bonds is 8. The zero-order valence-electron chi connectivity index (χ0n) is 15.9. The lowest BCUT2D eigenvalue weighted by Gasteiger charge is -2.05. The first-order valence-electron chi connectivity index (χ1n) is 8.91. The molecule has 0 saturated heterocycles. The molecule has 2 N–H and O–H groups in total. The van der Waals surface area contributed by atoms with Gasteiger partial charge in [0, 0.05) is 17.5 Å². The van der Waals surface area contributed by atoms with Crippen molar-refractivity contribution in [1.82, 2.24) is 15.3 Å². The molecule has 0 aliphatic rings. The fourth-order valence-corrected chi connectivity index (χ4v) is 3.74. The van der Waals surface area contributed by atoms with Crippen LogP contribution in [0.4, 0.5) is 5.13 Å². The molecule has 3 rings (SSSR count). The van der Waals surface area contributed by atoms with Crippen LogP contribution in [0, 0.1) is 0 Å². The molecular formula is C20H18Cl2N4O3S. The summed E-state index contributed by atoms with van der Waals surface area (Å²) in [4.78, 5) is 32.5. The minimum atomic E-state index is -0.411. The highest BCUT2D eigenvalue weighted by Crippen LogP contribution is 2.19. The molecule has 0 bridgehead atoms. The second-order valence-corrected chi connectivity index (χ2v) is 7.86. The van der Waals surface area contributed by atoms with Crippen molar-refractivity contribution in [3.63, 3.8) is 0 Å². The summed E-state index contributed by atoms with van der Waals surface area (Å²) in [7, 11) is 1.62. The molecule has 30 heavy (non-hydrogen) atoms. The van der Waals surface area contributed by atoms with Gasteiger partial charge in [0.25, 0.3) is 5.91 Å². The van der Waals surface area contributed by atoms with Crippen molar-refractivity contribution in [2.75, 3.05) is 19.0 Å². The number of halogens is 2. The summed E-state index contributed by atoms with van der Waals surface area (Å²) < 4.78 is 5.12. The van der Waals surface area contributed by atoms with Gasteiger partial charge in [0.1, 0.15) is 16.1 Å². The monoisotopic (exact) mass is 464 g/mol. The first-order valence-corrected chi connectivity index (χ1v) is 10.5. The highest BCUT2D eigenvalue weighted by atomic mass is 35.5. The third-order valence-electron chi connectivity index (χ3n) is 4.03. The molecule has 2 heterocycles. The zero-order valence-corrected chi connectivity index (χ0v) is 18.3.